The summed E-state index contributed by atoms with van der Waals surface area (Å²) in [6.45, 7) is -0.307. The highest BCUT2D eigenvalue weighted by molar-refractivity contribution is 7.92. The molecule has 3 aromatic rings. The fourth-order valence-electron chi connectivity index (χ4n) is 3.52. The van der Waals surface area contributed by atoms with E-state index in [2.05, 4.69) is 5.32 Å². The van der Waals surface area contributed by atoms with Gasteiger partial charge in [0.15, 0.2) is 0 Å². The number of rotatable bonds is 5. The molecule has 0 fully saturated rings. The zero-order valence-electron chi connectivity index (χ0n) is 17.2. The van der Waals surface area contributed by atoms with Gasteiger partial charge in [0, 0.05) is 11.1 Å². The lowest BCUT2D eigenvalue weighted by atomic mass is 10.1. The predicted molar refractivity (Wildman–Crippen MR) is 121 cm³/mol. The summed E-state index contributed by atoms with van der Waals surface area (Å²) in [5.41, 5.74) is 1.94. The van der Waals surface area contributed by atoms with Crippen molar-refractivity contribution in [3.8, 4) is 0 Å². The van der Waals surface area contributed by atoms with E-state index in [1.54, 1.807) is 30.3 Å². The molecule has 0 saturated heterocycles. The monoisotopic (exact) mass is 453 g/mol. The van der Waals surface area contributed by atoms with Gasteiger partial charge in [-0.05, 0) is 42.5 Å². The molecule has 164 valence electrons. The van der Waals surface area contributed by atoms with Crippen LogP contribution in [0.2, 0.25) is 0 Å². The quantitative estimate of drug-likeness (QED) is 0.642. The number of hydrogen-bond acceptors (Lipinski definition) is 4. The molecule has 0 unspecified atom stereocenters. The van der Waals surface area contributed by atoms with Gasteiger partial charge in [-0.1, -0.05) is 30.3 Å². The summed E-state index contributed by atoms with van der Waals surface area (Å²) in [5.74, 6) is -1.20. The van der Waals surface area contributed by atoms with Crippen LogP contribution in [0.1, 0.15) is 15.9 Å². The van der Waals surface area contributed by atoms with Crippen LogP contribution in [-0.4, -0.2) is 33.0 Å². The van der Waals surface area contributed by atoms with Gasteiger partial charge in [0.25, 0.3) is 5.91 Å². The summed E-state index contributed by atoms with van der Waals surface area (Å²) in [4.78, 5) is 26.5. The third kappa shape index (κ3) is 4.33. The molecule has 0 spiro atoms. The van der Waals surface area contributed by atoms with Crippen LogP contribution in [0.4, 0.5) is 21.5 Å². The van der Waals surface area contributed by atoms with Crippen molar-refractivity contribution in [1.29, 1.82) is 0 Å². The summed E-state index contributed by atoms with van der Waals surface area (Å²) < 4.78 is 39.9. The zero-order valence-corrected chi connectivity index (χ0v) is 18.0. The summed E-state index contributed by atoms with van der Waals surface area (Å²) in [6.07, 6.45) is 1.04. The minimum absolute atomic E-state index is 0.125. The number of hydrogen-bond donors (Lipinski definition) is 1. The molecule has 0 aromatic heterocycles. The van der Waals surface area contributed by atoms with Gasteiger partial charge < -0.3 is 5.32 Å². The van der Waals surface area contributed by atoms with Crippen molar-refractivity contribution < 1.29 is 22.4 Å². The molecule has 1 aliphatic rings. The molecule has 1 heterocycles. The number of para-hydroxylation sites is 2. The topological polar surface area (TPSA) is 86.8 Å². The van der Waals surface area contributed by atoms with Gasteiger partial charge in [-0.15, -0.1) is 0 Å². The Morgan fingerprint density at radius 3 is 2.38 bits per heavy atom. The summed E-state index contributed by atoms with van der Waals surface area (Å²) >= 11 is 0. The van der Waals surface area contributed by atoms with Crippen LogP contribution in [0.25, 0.3) is 0 Å². The Bertz CT molecular complexity index is 1290. The van der Waals surface area contributed by atoms with Gasteiger partial charge in [0.2, 0.25) is 15.9 Å². The second kappa shape index (κ2) is 8.43. The second-order valence-corrected chi connectivity index (χ2v) is 9.27. The van der Waals surface area contributed by atoms with Crippen molar-refractivity contribution in [2.24, 2.45) is 0 Å². The molecule has 0 atom stereocenters. The van der Waals surface area contributed by atoms with Crippen LogP contribution >= 0.6 is 0 Å². The van der Waals surface area contributed by atoms with Crippen molar-refractivity contribution in [2.75, 3.05) is 27.3 Å². The maximum Gasteiger partial charge on any atom is 0.258 e. The summed E-state index contributed by atoms with van der Waals surface area (Å²) in [5, 5.41) is 2.73. The molecule has 0 radical (unpaired) electrons. The molecule has 9 heteroatoms. The molecule has 1 N–H and O–H groups in total. The number of halogens is 1. The zero-order chi connectivity index (χ0) is 22.9. The maximum absolute atomic E-state index is 14.1. The standard InChI is InChI=1S/C23H20FN3O4S/c1-32(30,31)27(14-17-6-2-3-7-19(17)24)18-12-10-16(11-13-18)23(29)26-15-22(28)25-20-8-4-5-9-21(20)26/h2-13H,14-15H2,1H3,(H,25,28). The number of nitrogens with zero attached hydrogens (tertiary/aromatic N) is 2. The summed E-state index contributed by atoms with van der Waals surface area (Å²) in [6, 6.07) is 18.9. The molecule has 3 aromatic carbocycles. The molecule has 0 saturated carbocycles. The molecule has 1 aliphatic heterocycles. The van der Waals surface area contributed by atoms with Crippen LogP contribution < -0.4 is 14.5 Å². The van der Waals surface area contributed by atoms with E-state index in [9.17, 15) is 22.4 Å². The van der Waals surface area contributed by atoms with Crippen LogP contribution in [0, 0.1) is 5.82 Å². The SMILES string of the molecule is CS(=O)(=O)N(Cc1ccccc1F)c1ccc(C(=O)N2CC(=O)Nc3ccccc32)cc1. The van der Waals surface area contributed by atoms with Crippen molar-refractivity contribution in [2.45, 2.75) is 6.54 Å². The maximum atomic E-state index is 14.1. The number of carbonyl (C=O) groups is 2. The van der Waals surface area contributed by atoms with Gasteiger partial charge in [-0.25, -0.2) is 12.8 Å². The average molecular weight is 453 g/mol. The average Bonchev–Trinajstić information content (AvgIpc) is 2.77. The van der Waals surface area contributed by atoms with E-state index < -0.39 is 15.8 Å². The van der Waals surface area contributed by atoms with Crippen LogP contribution in [0.3, 0.4) is 0 Å². The van der Waals surface area contributed by atoms with Crippen LogP contribution in [-0.2, 0) is 21.4 Å². The Morgan fingerprint density at radius 2 is 1.69 bits per heavy atom. The van der Waals surface area contributed by atoms with E-state index in [0.717, 1.165) is 10.6 Å². The van der Waals surface area contributed by atoms with Gasteiger partial charge in [0.1, 0.15) is 12.4 Å². The molecular weight excluding hydrogens is 433 g/mol. The molecule has 2 amide bonds. The Hall–Kier alpha value is -3.72. The normalized spacial score (nSPS) is 13.3. The van der Waals surface area contributed by atoms with E-state index in [1.165, 1.54) is 47.4 Å². The van der Waals surface area contributed by atoms with E-state index >= 15 is 0 Å². The number of benzene rings is 3. The lowest BCUT2D eigenvalue weighted by Crippen LogP contribution is -2.42. The van der Waals surface area contributed by atoms with E-state index in [1.807, 2.05) is 0 Å². The van der Waals surface area contributed by atoms with E-state index in [0.29, 0.717) is 17.1 Å². The molecule has 32 heavy (non-hydrogen) atoms. The molecule has 0 bridgehead atoms. The Kier molecular flexibility index (Phi) is 5.67. The van der Waals surface area contributed by atoms with Gasteiger partial charge in [-0.3, -0.25) is 18.8 Å². The largest absolute Gasteiger partial charge is 0.323 e. The highest BCUT2D eigenvalue weighted by atomic mass is 32.2. The van der Waals surface area contributed by atoms with Crippen LogP contribution in [0.5, 0.6) is 0 Å². The fraction of sp³-hybridized carbons (Fsp3) is 0.130. The minimum Gasteiger partial charge on any atom is -0.323 e. The molecule has 0 aliphatic carbocycles. The van der Waals surface area contributed by atoms with Crippen molar-refractivity contribution in [3.05, 3.63) is 89.7 Å². The number of carbonyl (C=O) groups excluding carboxylic acids is 2. The smallest absolute Gasteiger partial charge is 0.258 e. The first-order chi connectivity index (χ1) is 15.2. The number of fused-ring (bicyclic) bond motifs is 1. The Balaban J connectivity index is 1.62. The van der Waals surface area contributed by atoms with Crippen LogP contribution in [0.15, 0.2) is 72.8 Å². The van der Waals surface area contributed by atoms with Gasteiger partial charge >= 0.3 is 0 Å². The number of amides is 2. The Labute approximate surface area is 185 Å². The lowest BCUT2D eigenvalue weighted by molar-refractivity contribution is -0.115. The first-order valence-corrected chi connectivity index (χ1v) is 11.6. The van der Waals surface area contributed by atoms with E-state index in [4.69, 9.17) is 0 Å². The van der Waals surface area contributed by atoms with Crippen molar-refractivity contribution in [1.82, 2.24) is 0 Å². The lowest BCUT2D eigenvalue weighted by Gasteiger charge is -2.29. The first-order valence-electron chi connectivity index (χ1n) is 9.76. The second-order valence-electron chi connectivity index (χ2n) is 7.36. The van der Waals surface area contributed by atoms with Crippen molar-refractivity contribution >= 4 is 38.9 Å². The highest BCUT2D eigenvalue weighted by Crippen LogP contribution is 2.30. The number of sulfonamides is 1. The first kappa shape index (κ1) is 21.5. The fourth-order valence-corrected chi connectivity index (χ4v) is 4.40. The predicted octanol–water partition coefficient (Wildman–Crippen LogP) is 3.39. The third-order valence-corrected chi connectivity index (χ3v) is 6.23. The van der Waals surface area contributed by atoms with Gasteiger partial charge in [0.05, 0.1) is 29.9 Å². The third-order valence-electron chi connectivity index (χ3n) is 5.09. The number of anilines is 3. The van der Waals surface area contributed by atoms with Gasteiger partial charge in [-0.2, -0.15) is 0 Å². The highest BCUT2D eigenvalue weighted by Gasteiger charge is 2.28. The molecular formula is C23H20FN3O4S. The number of nitrogens with one attached hydrogen (secondary N) is 1. The molecule has 4 rings (SSSR count). The molecule has 7 nitrogen and oxygen atoms in total. The van der Waals surface area contributed by atoms with E-state index in [-0.39, 0.29) is 36.0 Å². The summed E-state index contributed by atoms with van der Waals surface area (Å²) in [7, 11) is -3.72. The Morgan fingerprint density at radius 1 is 1.03 bits per heavy atom. The van der Waals surface area contributed by atoms with Crippen molar-refractivity contribution in [3.63, 3.8) is 0 Å². The minimum atomic E-state index is -3.72.